The van der Waals surface area contributed by atoms with Gasteiger partial charge in [-0.25, -0.2) is 4.79 Å². The van der Waals surface area contributed by atoms with E-state index in [9.17, 15) is 13.2 Å². The second-order valence-corrected chi connectivity index (χ2v) is 1.98. The molecule has 5 nitrogen and oxygen atoms in total. The van der Waals surface area contributed by atoms with Crippen LogP contribution >= 0.6 is 0 Å². The first kappa shape index (κ1) is 8.09. The number of carboxylic acid groups (broad SMARTS) is 1. The molecule has 0 aromatic carbocycles. The summed E-state index contributed by atoms with van der Waals surface area (Å²) in [5, 5.41) is 8.06. The van der Waals surface area contributed by atoms with Crippen LogP contribution in [0.2, 0.25) is 0 Å². The highest BCUT2D eigenvalue weighted by atomic mass is 32.2. The Labute approximate surface area is 53.0 Å². The summed E-state index contributed by atoms with van der Waals surface area (Å²) in [6.07, 6.45) is 0. The molecule has 1 N–H and O–H groups in total. The Morgan fingerprint density at radius 3 is 2.22 bits per heavy atom. The van der Waals surface area contributed by atoms with Crippen LogP contribution < -0.4 is 0 Å². The number of rotatable bonds is 2. The molecule has 0 spiro atoms. The second kappa shape index (κ2) is 3.18. The van der Waals surface area contributed by atoms with E-state index < -0.39 is 22.5 Å². The Balaban J connectivity index is 4.26. The summed E-state index contributed by atoms with van der Waals surface area (Å²) < 4.78 is 22.2. The van der Waals surface area contributed by atoms with Crippen LogP contribution in [0.4, 0.5) is 0 Å². The van der Waals surface area contributed by atoms with Gasteiger partial charge in [0, 0.05) is 0 Å². The van der Waals surface area contributed by atoms with E-state index in [4.69, 9.17) is 5.11 Å². The summed E-state index contributed by atoms with van der Waals surface area (Å²) >= 11 is 0. The average molecular weight is 151 g/mol. The molecule has 0 aromatic rings. The van der Waals surface area contributed by atoms with Crippen molar-refractivity contribution in [3.63, 3.8) is 0 Å². The van der Waals surface area contributed by atoms with Gasteiger partial charge in [0.1, 0.15) is 0 Å². The molecular formula is C3H5NO4S. The van der Waals surface area contributed by atoms with E-state index in [1.807, 2.05) is 0 Å². The summed E-state index contributed by atoms with van der Waals surface area (Å²) in [5.74, 6) is -1.25. The molecule has 0 fully saturated rings. The molecule has 0 amide bonds. The first-order chi connectivity index (χ1) is 4.04. The topological polar surface area (TPSA) is 83.8 Å². The van der Waals surface area contributed by atoms with E-state index in [0.717, 1.165) is 0 Å². The molecule has 0 bridgehead atoms. The Morgan fingerprint density at radius 2 is 2.11 bits per heavy atom. The van der Waals surface area contributed by atoms with Gasteiger partial charge >= 0.3 is 16.5 Å². The Bertz CT molecular complexity index is 220. The summed E-state index contributed by atoms with van der Waals surface area (Å²) in [4.78, 5) is 9.87. The molecule has 0 radical (unpaired) electrons. The molecule has 0 saturated heterocycles. The first-order valence-corrected chi connectivity index (χ1v) is 3.10. The summed E-state index contributed by atoms with van der Waals surface area (Å²) in [6.45, 7) is 1.18. The molecule has 0 saturated carbocycles. The van der Waals surface area contributed by atoms with Crippen molar-refractivity contribution in [1.82, 2.24) is 0 Å². The van der Waals surface area contributed by atoms with Crippen LogP contribution in [0.25, 0.3) is 0 Å². The Hall–Kier alpha value is -0.910. The van der Waals surface area contributed by atoms with Crippen LogP contribution in [0.5, 0.6) is 0 Å². The number of hydrogen-bond acceptors (Lipinski definition) is 4. The SMILES string of the molecule is CC(N=S(=O)=O)C(=O)O. The van der Waals surface area contributed by atoms with Crippen molar-refractivity contribution >= 4 is 16.5 Å². The van der Waals surface area contributed by atoms with Crippen molar-refractivity contribution in [1.29, 1.82) is 0 Å². The van der Waals surface area contributed by atoms with Gasteiger partial charge in [0.25, 0.3) is 0 Å². The molecule has 9 heavy (non-hydrogen) atoms. The highest BCUT2D eigenvalue weighted by Crippen LogP contribution is 1.86. The van der Waals surface area contributed by atoms with Gasteiger partial charge in [0.15, 0.2) is 6.04 Å². The predicted octanol–water partition coefficient (Wildman–Crippen LogP) is -0.478. The van der Waals surface area contributed by atoms with Crippen molar-refractivity contribution in [3.05, 3.63) is 0 Å². The van der Waals surface area contributed by atoms with Crippen molar-refractivity contribution in [2.45, 2.75) is 13.0 Å². The third kappa shape index (κ3) is 3.65. The minimum absolute atomic E-state index is 1.18. The van der Waals surface area contributed by atoms with Gasteiger partial charge < -0.3 is 5.11 Å². The summed E-state index contributed by atoms with van der Waals surface area (Å²) in [5.41, 5.74) is 0. The number of hydrogen-bond donors (Lipinski definition) is 1. The second-order valence-electron chi connectivity index (χ2n) is 1.34. The van der Waals surface area contributed by atoms with E-state index in [1.54, 1.807) is 0 Å². The molecule has 0 heterocycles. The standard InChI is InChI=1S/C3H5NO4S/c1-2(3(5)6)4-9(7)8/h2H,1H3,(H,5,6). The van der Waals surface area contributed by atoms with Gasteiger partial charge in [-0.3, -0.25) is 0 Å². The Morgan fingerprint density at radius 1 is 1.67 bits per heavy atom. The lowest BCUT2D eigenvalue weighted by atomic mass is 10.4. The third-order valence-corrected chi connectivity index (χ3v) is 1.09. The molecular weight excluding hydrogens is 146 g/mol. The normalized spacial score (nSPS) is 12.1. The van der Waals surface area contributed by atoms with Crippen LogP contribution in [0.3, 0.4) is 0 Å². The van der Waals surface area contributed by atoms with E-state index in [2.05, 4.69) is 4.36 Å². The predicted molar refractivity (Wildman–Crippen MR) is 28.4 cm³/mol. The minimum atomic E-state index is -2.62. The van der Waals surface area contributed by atoms with E-state index >= 15 is 0 Å². The van der Waals surface area contributed by atoms with Gasteiger partial charge in [-0.2, -0.15) is 12.8 Å². The monoisotopic (exact) mass is 151 g/mol. The zero-order valence-electron chi connectivity index (χ0n) is 4.60. The lowest BCUT2D eigenvalue weighted by molar-refractivity contribution is -0.137. The van der Waals surface area contributed by atoms with Gasteiger partial charge in [-0.05, 0) is 6.92 Å². The molecule has 0 aliphatic rings. The van der Waals surface area contributed by atoms with Crippen molar-refractivity contribution in [2.24, 2.45) is 4.36 Å². The summed E-state index contributed by atoms with van der Waals surface area (Å²) in [7, 11) is -2.62. The lowest BCUT2D eigenvalue weighted by Gasteiger charge is -1.89. The van der Waals surface area contributed by atoms with E-state index in [1.165, 1.54) is 6.92 Å². The highest BCUT2D eigenvalue weighted by molar-refractivity contribution is 7.61. The number of carbonyl (C=O) groups is 1. The minimum Gasteiger partial charge on any atom is -0.480 e. The largest absolute Gasteiger partial charge is 0.480 e. The van der Waals surface area contributed by atoms with Crippen molar-refractivity contribution in [3.8, 4) is 0 Å². The van der Waals surface area contributed by atoms with E-state index in [0.29, 0.717) is 0 Å². The van der Waals surface area contributed by atoms with Gasteiger partial charge in [0.2, 0.25) is 0 Å². The quantitative estimate of drug-likeness (QED) is 0.577. The fraction of sp³-hybridized carbons (Fsp3) is 0.667. The van der Waals surface area contributed by atoms with Gasteiger partial charge in [-0.1, -0.05) is 0 Å². The molecule has 0 aliphatic carbocycles. The fourth-order valence-electron chi connectivity index (χ4n) is 0.174. The van der Waals surface area contributed by atoms with Crippen molar-refractivity contribution < 1.29 is 18.3 Å². The smallest absolute Gasteiger partial charge is 0.329 e. The molecule has 1 atom stereocenters. The van der Waals surface area contributed by atoms with Crippen LogP contribution in [-0.2, 0) is 15.3 Å². The molecule has 1 unspecified atom stereocenters. The fourth-order valence-corrected chi connectivity index (χ4v) is 0.523. The maximum absolute atomic E-state index is 9.87. The maximum Gasteiger partial charge on any atom is 0.329 e. The van der Waals surface area contributed by atoms with Crippen LogP contribution in [0.1, 0.15) is 6.92 Å². The molecule has 0 aromatic heterocycles. The first-order valence-electron chi connectivity index (χ1n) is 2.07. The third-order valence-electron chi connectivity index (χ3n) is 0.602. The van der Waals surface area contributed by atoms with E-state index in [-0.39, 0.29) is 0 Å². The zero-order chi connectivity index (χ0) is 7.44. The molecule has 6 heteroatoms. The summed E-state index contributed by atoms with van der Waals surface area (Å²) in [6, 6.07) is -1.18. The number of aliphatic carboxylic acids is 1. The number of nitrogens with zero attached hydrogens (tertiary/aromatic N) is 1. The molecule has 0 aliphatic heterocycles. The van der Waals surface area contributed by atoms with Crippen LogP contribution in [0.15, 0.2) is 4.36 Å². The average Bonchev–Trinajstić information content (AvgIpc) is 1.63. The zero-order valence-corrected chi connectivity index (χ0v) is 5.42. The van der Waals surface area contributed by atoms with Crippen molar-refractivity contribution in [2.75, 3.05) is 0 Å². The highest BCUT2D eigenvalue weighted by Gasteiger charge is 2.07. The lowest BCUT2D eigenvalue weighted by Crippen LogP contribution is -2.12. The van der Waals surface area contributed by atoms with Crippen LogP contribution in [0, 0.1) is 0 Å². The molecule has 52 valence electrons. The Kier molecular flexibility index (Phi) is 2.86. The molecule has 0 rings (SSSR count). The van der Waals surface area contributed by atoms with Crippen LogP contribution in [-0.4, -0.2) is 25.5 Å². The van der Waals surface area contributed by atoms with Gasteiger partial charge in [-0.15, -0.1) is 0 Å². The number of carboxylic acids is 1. The van der Waals surface area contributed by atoms with Gasteiger partial charge in [0.05, 0.1) is 0 Å². The maximum atomic E-state index is 9.87.